The van der Waals surface area contributed by atoms with Gasteiger partial charge in [0.2, 0.25) is 0 Å². The molecule has 1 aliphatic rings. The standard InChI is InChI=1S/C25H18ClNO6/c1-14-6-9-20(26)21(10-14)32-13-23(29)33-12-22(28)27-15-7-8-18-19(11-15)25(31)17-5-3-2-4-16(17)24(18)30/h2-11H,12-13H2,1H3,(H,27,28). The lowest BCUT2D eigenvalue weighted by Crippen LogP contribution is -2.24. The van der Waals surface area contributed by atoms with Gasteiger partial charge in [-0.25, -0.2) is 4.79 Å². The van der Waals surface area contributed by atoms with E-state index in [1.54, 1.807) is 42.5 Å². The highest BCUT2D eigenvalue weighted by Gasteiger charge is 2.29. The summed E-state index contributed by atoms with van der Waals surface area (Å²) in [6, 6.07) is 16.2. The Labute approximate surface area is 194 Å². The van der Waals surface area contributed by atoms with Gasteiger partial charge in [0, 0.05) is 27.9 Å². The fraction of sp³-hybridized carbons (Fsp3) is 0.120. The Bertz CT molecular complexity index is 1300. The van der Waals surface area contributed by atoms with Gasteiger partial charge in [-0.05, 0) is 42.8 Å². The van der Waals surface area contributed by atoms with Crippen molar-refractivity contribution in [3.63, 3.8) is 0 Å². The Morgan fingerprint density at radius 3 is 2.24 bits per heavy atom. The lowest BCUT2D eigenvalue weighted by Gasteiger charge is -2.18. The first-order valence-electron chi connectivity index (χ1n) is 10.0. The van der Waals surface area contributed by atoms with Crippen LogP contribution in [0.15, 0.2) is 60.7 Å². The van der Waals surface area contributed by atoms with Gasteiger partial charge >= 0.3 is 5.97 Å². The van der Waals surface area contributed by atoms with Gasteiger partial charge in [0.1, 0.15) is 5.75 Å². The van der Waals surface area contributed by atoms with Crippen molar-refractivity contribution >= 4 is 40.7 Å². The smallest absolute Gasteiger partial charge is 0.344 e. The molecule has 7 nitrogen and oxygen atoms in total. The summed E-state index contributed by atoms with van der Waals surface area (Å²) < 4.78 is 10.3. The molecule has 0 heterocycles. The normalized spacial score (nSPS) is 11.9. The van der Waals surface area contributed by atoms with E-state index in [1.807, 2.05) is 6.92 Å². The van der Waals surface area contributed by atoms with Crippen molar-refractivity contribution in [2.24, 2.45) is 0 Å². The van der Waals surface area contributed by atoms with E-state index in [2.05, 4.69) is 5.32 Å². The van der Waals surface area contributed by atoms with Crippen LogP contribution < -0.4 is 10.1 Å². The number of nitrogens with one attached hydrogen (secondary N) is 1. The van der Waals surface area contributed by atoms with Crippen LogP contribution in [0.25, 0.3) is 0 Å². The number of benzene rings is 3. The molecule has 8 heteroatoms. The number of ether oxygens (including phenoxy) is 2. The van der Waals surface area contributed by atoms with Crippen LogP contribution in [-0.2, 0) is 14.3 Å². The molecule has 4 rings (SSSR count). The maximum Gasteiger partial charge on any atom is 0.344 e. The predicted octanol–water partition coefficient (Wildman–Crippen LogP) is 3.98. The highest BCUT2D eigenvalue weighted by Crippen LogP contribution is 2.29. The van der Waals surface area contributed by atoms with Crippen LogP contribution in [0, 0.1) is 6.92 Å². The first kappa shape index (κ1) is 22.2. The van der Waals surface area contributed by atoms with E-state index in [-0.39, 0.29) is 22.7 Å². The van der Waals surface area contributed by atoms with Gasteiger partial charge in [-0.2, -0.15) is 0 Å². The zero-order valence-electron chi connectivity index (χ0n) is 17.5. The third-order valence-corrected chi connectivity index (χ3v) is 5.32. The van der Waals surface area contributed by atoms with Crippen molar-refractivity contribution in [1.82, 2.24) is 0 Å². The second-order valence-corrected chi connectivity index (χ2v) is 7.80. The minimum absolute atomic E-state index is 0.205. The number of fused-ring (bicyclic) bond motifs is 2. The number of hydrogen-bond donors (Lipinski definition) is 1. The van der Waals surface area contributed by atoms with Crippen molar-refractivity contribution in [1.29, 1.82) is 0 Å². The second kappa shape index (κ2) is 9.26. The summed E-state index contributed by atoms with van der Waals surface area (Å²) in [6.45, 7) is 0.899. The molecule has 0 saturated heterocycles. The van der Waals surface area contributed by atoms with Crippen LogP contribution in [0.5, 0.6) is 5.75 Å². The summed E-state index contributed by atoms with van der Waals surface area (Å²) in [4.78, 5) is 49.5. The lowest BCUT2D eigenvalue weighted by atomic mass is 9.84. The molecule has 0 unspecified atom stereocenters. The van der Waals surface area contributed by atoms with Crippen molar-refractivity contribution in [3.05, 3.63) is 93.5 Å². The molecule has 0 atom stereocenters. The molecule has 0 radical (unpaired) electrons. The largest absolute Gasteiger partial charge is 0.480 e. The topological polar surface area (TPSA) is 98.8 Å². The molecule has 1 amide bonds. The highest BCUT2D eigenvalue weighted by molar-refractivity contribution is 6.32. The van der Waals surface area contributed by atoms with Crippen LogP contribution >= 0.6 is 11.6 Å². The van der Waals surface area contributed by atoms with Crippen LogP contribution in [0.4, 0.5) is 5.69 Å². The quantitative estimate of drug-likeness (QED) is 0.434. The SMILES string of the molecule is Cc1ccc(Cl)c(OCC(=O)OCC(=O)Nc2ccc3c(c2)C(=O)c2ccccc2C3=O)c1. The maximum absolute atomic E-state index is 12.8. The van der Waals surface area contributed by atoms with Crippen LogP contribution in [0.3, 0.4) is 0 Å². The molecule has 0 aromatic heterocycles. The molecule has 3 aromatic rings. The minimum atomic E-state index is -0.745. The number of carbonyl (C=O) groups is 4. The molecule has 33 heavy (non-hydrogen) atoms. The van der Waals surface area contributed by atoms with Crippen molar-refractivity contribution < 1.29 is 28.7 Å². The van der Waals surface area contributed by atoms with Crippen LogP contribution in [0.2, 0.25) is 5.02 Å². The number of carbonyl (C=O) groups excluding carboxylic acids is 4. The summed E-state index contributed by atoms with van der Waals surface area (Å²) in [5, 5.41) is 2.91. The maximum atomic E-state index is 12.8. The van der Waals surface area contributed by atoms with E-state index < -0.39 is 25.1 Å². The van der Waals surface area contributed by atoms with Gasteiger partial charge in [-0.15, -0.1) is 0 Å². The third kappa shape index (κ3) is 4.78. The molecule has 1 aliphatic carbocycles. The van der Waals surface area contributed by atoms with E-state index in [0.29, 0.717) is 27.6 Å². The van der Waals surface area contributed by atoms with Gasteiger partial charge in [0.05, 0.1) is 5.02 Å². The van der Waals surface area contributed by atoms with Gasteiger partial charge in [-0.1, -0.05) is 41.9 Å². The summed E-state index contributed by atoms with van der Waals surface area (Å²) in [6.07, 6.45) is 0. The van der Waals surface area contributed by atoms with Crippen molar-refractivity contribution in [2.75, 3.05) is 18.5 Å². The van der Waals surface area contributed by atoms with Gasteiger partial charge in [-0.3, -0.25) is 14.4 Å². The van der Waals surface area contributed by atoms with Crippen LogP contribution in [0.1, 0.15) is 37.4 Å². The third-order valence-electron chi connectivity index (χ3n) is 5.01. The van der Waals surface area contributed by atoms with E-state index in [1.165, 1.54) is 18.2 Å². The lowest BCUT2D eigenvalue weighted by molar-refractivity contribution is -0.149. The Morgan fingerprint density at radius 2 is 1.52 bits per heavy atom. The number of halogens is 1. The first-order valence-corrected chi connectivity index (χ1v) is 10.4. The van der Waals surface area contributed by atoms with Crippen LogP contribution in [-0.4, -0.2) is 36.7 Å². The molecule has 3 aromatic carbocycles. The molecule has 0 fully saturated rings. The average Bonchev–Trinajstić information content (AvgIpc) is 2.81. The molecule has 1 N–H and O–H groups in total. The van der Waals surface area contributed by atoms with Crippen molar-refractivity contribution in [2.45, 2.75) is 6.92 Å². The molecule has 0 spiro atoms. The number of rotatable bonds is 6. The second-order valence-electron chi connectivity index (χ2n) is 7.40. The van der Waals surface area contributed by atoms with Crippen molar-refractivity contribution in [3.8, 4) is 5.75 Å². The van der Waals surface area contributed by atoms with E-state index in [4.69, 9.17) is 21.1 Å². The van der Waals surface area contributed by atoms with Gasteiger partial charge in [0.15, 0.2) is 24.8 Å². The Kier molecular flexibility index (Phi) is 6.24. The molecular formula is C25H18ClNO6. The highest BCUT2D eigenvalue weighted by atomic mass is 35.5. The molecule has 0 aliphatic heterocycles. The van der Waals surface area contributed by atoms with E-state index in [0.717, 1.165) is 5.56 Å². The Hall–Kier alpha value is -3.97. The van der Waals surface area contributed by atoms with Gasteiger partial charge < -0.3 is 14.8 Å². The molecule has 166 valence electrons. The van der Waals surface area contributed by atoms with E-state index >= 15 is 0 Å². The number of amides is 1. The monoisotopic (exact) mass is 463 g/mol. The first-order chi connectivity index (χ1) is 15.8. The number of esters is 1. The predicted molar refractivity (Wildman–Crippen MR) is 121 cm³/mol. The zero-order valence-corrected chi connectivity index (χ0v) is 18.3. The fourth-order valence-electron chi connectivity index (χ4n) is 3.42. The summed E-state index contributed by atoms with van der Waals surface area (Å²) in [5.74, 6) is -1.55. The molecule has 0 saturated carbocycles. The Morgan fingerprint density at radius 1 is 0.848 bits per heavy atom. The number of ketones is 2. The number of anilines is 1. The molecular weight excluding hydrogens is 446 g/mol. The number of aryl methyl sites for hydroxylation is 1. The van der Waals surface area contributed by atoms with E-state index in [9.17, 15) is 19.2 Å². The molecule has 0 bridgehead atoms. The zero-order chi connectivity index (χ0) is 23.5. The van der Waals surface area contributed by atoms with Gasteiger partial charge in [0.25, 0.3) is 5.91 Å². The average molecular weight is 464 g/mol. The Balaban J connectivity index is 1.35. The minimum Gasteiger partial charge on any atom is -0.480 e. The summed E-state index contributed by atoms with van der Waals surface area (Å²) >= 11 is 6.01. The number of hydrogen-bond acceptors (Lipinski definition) is 6. The summed E-state index contributed by atoms with van der Waals surface area (Å²) in [5.41, 5.74) is 2.37. The summed E-state index contributed by atoms with van der Waals surface area (Å²) in [7, 11) is 0. The fourth-order valence-corrected chi connectivity index (χ4v) is 3.59.